The van der Waals surface area contributed by atoms with Crippen LogP contribution in [-0.2, 0) is 0 Å². The normalized spacial score (nSPS) is 38.8. The Morgan fingerprint density at radius 3 is 2.68 bits per heavy atom. The van der Waals surface area contributed by atoms with Gasteiger partial charge in [-0.15, -0.1) is 0 Å². The number of pyridine rings is 1. The predicted molar refractivity (Wildman–Crippen MR) is 126 cm³/mol. The third-order valence-electron chi connectivity index (χ3n) is 8.35. The molecule has 0 aliphatic heterocycles. The van der Waals surface area contributed by atoms with Crippen LogP contribution in [0.1, 0.15) is 57.9 Å². The van der Waals surface area contributed by atoms with Crippen LogP contribution in [0.15, 0.2) is 53.9 Å². The van der Waals surface area contributed by atoms with E-state index in [2.05, 4.69) is 48.4 Å². The molecule has 31 heavy (non-hydrogen) atoms. The highest BCUT2D eigenvalue weighted by atomic mass is 16.3. The highest BCUT2D eigenvalue weighted by Gasteiger charge is 2.58. The molecule has 1 aromatic rings. The van der Waals surface area contributed by atoms with Gasteiger partial charge in [-0.25, -0.2) is 0 Å². The summed E-state index contributed by atoms with van der Waals surface area (Å²) in [6.07, 6.45) is 16.0. The van der Waals surface area contributed by atoms with Crippen LogP contribution in [0.5, 0.6) is 0 Å². The topological polar surface area (TPSA) is 65.4 Å². The van der Waals surface area contributed by atoms with Crippen LogP contribution in [0.4, 0.5) is 0 Å². The van der Waals surface area contributed by atoms with Gasteiger partial charge < -0.3 is 15.5 Å². The fourth-order valence-electron chi connectivity index (χ4n) is 6.59. The Hall–Kier alpha value is -1.75. The second-order valence-electron chi connectivity index (χ2n) is 10.2. The molecule has 0 aromatic carbocycles. The Morgan fingerprint density at radius 1 is 1.19 bits per heavy atom. The summed E-state index contributed by atoms with van der Waals surface area (Å²) in [7, 11) is 3.75. The van der Waals surface area contributed by atoms with Crippen molar-refractivity contribution in [3.63, 3.8) is 0 Å². The summed E-state index contributed by atoms with van der Waals surface area (Å²) in [5.41, 5.74) is 4.12. The molecule has 0 saturated heterocycles. The van der Waals surface area contributed by atoms with Crippen LogP contribution in [-0.4, -0.2) is 41.0 Å². The van der Waals surface area contributed by atoms with Gasteiger partial charge >= 0.3 is 0 Å². The van der Waals surface area contributed by atoms with Crippen molar-refractivity contribution in [3.05, 3.63) is 59.5 Å². The molecule has 5 rings (SSSR count). The van der Waals surface area contributed by atoms with Gasteiger partial charge in [0.2, 0.25) is 0 Å². The van der Waals surface area contributed by atoms with Gasteiger partial charge in [-0.2, -0.15) is 0 Å². The number of hydrogen-bond donors (Lipinski definition) is 3. The van der Waals surface area contributed by atoms with Crippen LogP contribution in [0.25, 0.3) is 5.57 Å². The summed E-state index contributed by atoms with van der Waals surface area (Å²) in [6, 6.07) is 4.15. The molecule has 4 aliphatic rings. The number of fused-ring (bicyclic) bond motifs is 4. The van der Waals surface area contributed by atoms with Crippen molar-refractivity contribution < 1.29 is 10.2 Å². The summed E-state index contributed by atoms with van der Waals surface area (Å²) >= 11 is 0. The second-order valence-corrected chi connectivity index (χ2v) is 10.2. The van der Waals surface area contributed by atoms with Crippen LogP contribution in [0.3, 0.4) is 0 Å². The molecule has 4 nitrogen and oxygen atoms in total. The SMILES string of the molecule is CC1C=C2C=C3CC(O)CCC3CC[C@]2(O)C2CC=C(c3cccnc3)C12C.CNC. The average Bonchev–Trinajstić information content (AvgIpc) is 3.05. The molecular formula is C27H38N2O2. The number of rotatable bonds is 1. The summed E-state index contributed by atoms with van der Waals surface area (Å²) in [4.78, 5) is 4.34. The van der Waals surface area contributed by atoms with Gasteiger partial charge in [0.15, 0.2) is 0 Å². The number of hydrogen-bond acceptors (Lipinski definition) is 4. The summed E-state index contributed by atoms with van der Waals surface area (Å²) in [5, 5.41) is 25.0. The van der Waals surface area contributed by atoms with E-state index in [0.717, 1.165) is 44.1 Å². The van der Waals surface area contributed by atoms with Crippen molar-refractivity contribution in [1.29, 1.82) is 0 Å². The summed E-state index contributed by atoms with van der Waals surface area (Å²) < 4.78 is 0. The van der Waals surface area contributed by atoms with Gasteiger partial charge in [0.1, 0.15) is 0 Å². The van der Waals surface area contributed by atoms with Gasteiger partial charge in [0.25, 0.3) is 0 Å². The predicted octanol–water partition coefficient (Wildman–Crippen LogP) is 4.52. The minimum Gasteiger partial charge on any atom is -0.393 e. The van der Waals surface area contributed by atoms with Crippen molar-refractivity contribution in [2.24, 2.45) is 23.2 Å². The molecule has 168 valence electrons. The number of nitrogens with one attached hydrogen (secondary N) is 1. The highest BCUT2D eigenvalue weighted by molar-refractivity contribution is 5.74. The zero-order valence-electron chi connectivity index (χ0n) is 19.4. The van der Waals surface area contributed by atoms with E-state index in [1.807, 2.05) is 32.6 Å². The van der Waals surface area contributed by atoms with Crippen molar-refractivity contribution in [2.75, 3.05) is 14.1 Å². The highest BCUT2D eigenvalue weighted by Crippen LogP contribution is 2.63. The Balaban J connectivity index is 0.000000730. The van der Waals surface area contributed by atoms with E-state index in [-0.39, 0.29) is 17.4 Å². The van der Waals surface area contributed by atoms with Crippen molar-refractivity contribution in [1.82, 2.24) is 10.3 Å². The maximum atomic E-state index is 12.1. The standard InChI is InChI=1S/C25H31NO2.C2H7N/c1-16-12-20-13-19-14-21(27)6-5-17(19)9-10-25(20,28)23-8-7-22(24(16,23)2)18-4-3-11-26-15-18;1-3-2/h3-4,7,11-13,15-17,21,23,27-28H,5-6,8-10,14H2,1-2H3;3H,1-2H3/t16?,17?,21?,23?,24?,25-;/m1./s1. The minimum atomic E-state index is -0.781. The lowest BCUT2D eigenvalue weighted by molar-refractivity contribution is -0.0455. The molecule has 1 saturated carbocycles. The lowest BCUT2D eigenvalue weighted by Crippen LogP contribution is -2.51. The fourth-order valence-corrected chi connectivity index (χ4v) is 6.59. The number of aromatic nitrogens is 1. The number of aliphatic hydroxyl groups excluding tert-OH is 1. The van der Waals surface area contributed by atoms with Crippen LogP contribution < -0.4 is 5.32 Å². The van der Waals surface area contributed by atoms with Gasteiger partial charge in [-0.3, -0.25) is 4.98 Å². The zero-order chi connectivity index (χ0) is 22.2. The molecular weight excluding hydrogens is 384 g/mol. The molecule has 1 fully saturated rings. The first-order valence-corrected chi connectivity index (χ1v) is 11.9. The van der Waals surface area contributed by atoms with Crippen LogP contribution in [0.2, 0.25) is 0 Å². The Bertz CT molecular complexity index is 890. The zero-order valence-corrected chi connectivity index (χ0v) is 19.4. The fraction of sp³-hybridized carbons (Fsp3) is 0.593. The Labute approximate surface area is 187 Å². The smallest absolute Gasteiger partial charge is 0.0933 e. The van der Waals surface area contributed by atoms with Crippen molar-refractivity contribution in [3.8, 4) is 0 Å². The first-order chi connectivity index (χ1) is 14.8. The maximum absolute atomic E-state index is 12.1. The molecule has 5 unspecified atom stereocenters. The molecule has 0 spiro atoms. The molecule has 0 bridgehead atoms. The second kappa shape index (κ2) is 8.65. The third-order valence-corrected chi connectivity index (χ3v) is 8.35. The average molecular weight is 423 g/mol. The molecule has 3 N–H and O–H groups in total. The maximum Gasteiger partial charge on any atom is 0.0933 e. The Morgan fingerprint density at radius 2 is 1.97 bits per heavy atom. The Kier molecular flexibility index (Phi) is 6.26. The number of aliphatic hydroxyl groups is 2. The van der Waals surface area contributed by atoms with Crippen LogP contribution >= 0.6 is 0 Å². The van der Waals surface area contributed by atoms with Crippen molar-refractivity contribution in [2.45, 2.75) is 64.1 Å². The molecule has 4 aliphatic carbocycles. The monoisotopic (exact) mass is 422 g/mol. The van der Waals surface area contributed by atoms with Gasteiger partial charge in [0.05, 0.1) is 11.7 Å². The lowest BCUT2D eigenvalue weighted by Gasteiger charge is -2.51. The quantitative estimate of drug-likeness (QED) is 0.623. The van der Waals surface area contributed by atoms with E-state index in [1.165, 1.54) is 16.7 Å². The van der Waals surface area contributed by atoms with E-state index < -0.39 is 5.60 Å². The van der Waals surface area contributed by atoms with E-state index in [1.54, 1.807) is 0 Å². The van der Waals surface area contributed by atoms with E-state index in [4.69, 9.17) is 0 Å². The van der Waals surface area contributed by atoms with Crippen LogP contribution in [0, 0.1) is 23.2 Å². The number of allylic oxidation sites excluding steroid dienone is 3. The molecule has 0 radical (unpaired) electrons. The third kappa shape index (κ3) is 3.73. The van der Waals surface area contributed by atoms with E-state index >= 15 is 0 Å². The number of nitrogens with zero attached hydrogens (tertiary/aromatic N) is 1. The molecule has 0 amide bonds. The van der Waals surface area contributed by atoms with E-state index in [9.17, 15) is 10.2 Å². The first-order valence-electron chi connectivity index (χ1n) is 11.9. The lowest BCUT2D eigenvalue weighted by atomic mass is 9.54. The van der Waals surface area contributed by atoms with E-state index in [0.29, 0.717) is 11.8 Å². The van der Waals surface area contributed by atoms with Gasteiger partial charge in [0, 0.05) is 23.7 Å². The van der Waals surface area contributed by atoms with Gasteiger partial charge in [-0.1, -0.05) is 43.7 Å². The first kappa shape index (κ1) is 22.4. The summed E-state index contributed by atoms with van der Waals surface area (Å²) in [6.45, 7) is 4.64. The molecule has 6 atom stereocenters. The molecule has 1 aromatic heterocycles. The minimum absolute atomic E-state index is 0.0885. The largest absolute Gasteiger partial charge is 0.393 e. The van der Waals surface area contributed by atoms with Crippen molar-refractivity contribution >= 4 is 5.57 Å². The molecule has 4 heteroatoms. The van der Waals surface area contributed by atoms with Gasteiger partial charge in [-0.05, 0) is 87.2 Å². The molecule has 1 heterocycles. The summed E-state index contributed by atoms with van der Waals surface area (Å²) in [5.74, 6) is 1.04.